The van der Waals surface area contributed by atoms with Gasteiger partial charge in [-0.2, -0.15) is 0 Å². The summed E-state index contributed by atoms with van der Waals surface area (Å²) in [6.07, 6.45) is 10.2. The van der Waals surface area contributed by atoms with Crippen LogP contribution in [0.5, 0.6) is 0 Å². The van der Waals surface area contributed by atoms with Gasteiger partial charge in [-0.25, -0.2) is 0 Å². The lowest BCUT2D eigenvalue weighted by atomic mass is 9.46. The summed E-state index contributed by atoms with van der Waals surface area (Å²) in [5, 5.41) is 11.2. The van der Waals surface area contributed by atoms with E-state index in [0.29, 0.717) is 23.5 Å². The Morgan fingerprint density at radius 2 is 1.83 bits per heavy atom. The first-order chi connectivity index (χ1) is 11.3. The van der Waals surface area contributed by atoms with Crippen LogP contribution in [0.2, 0.25) is 0 Å². The number of hydrogen-bond acceptors (Lipinski definition) is 2. The molecule has 2 nitrogen and oxygen atoms in total. The van der Waals surface area contributed by atoms with Crippen LogP contribution in [0.15, 0.2) is 11.6 Å². The Bertz CT molecular complexity index is 665. The number of rotatable bonds is 0. The van der Waals surface area contributed by atoms with E-state index in [1.54, 1.807) is 0 Å². The highest BCUT2D eigenvalue weighted by Gasteiger charge is 2.63. The summed E-state index contributed by atoms with van der Waals surface area (Å²) in [5.41, 5.74) is 0.788. The van der Waals surface area contributed by atoms with Crippen LogP contribution >= 0.6 is 0 Å². The van der Waals surface area contributed by atoms with Gasteiger partial charge in [0.05, 0.1) is 0 Å². The molecule has 24 heavy (non-hydrogen) atoms. The lowest BCUT2D eigenvalue weighted by Crippen LogP contribution is -2.54. The van der Waals surface area contributed by atoms with Crippen molar-refractivity contribution < 1.29 is 9.90 Å². The SMILES string of the molecule is CC#C[C@]1(O)CC[C@H]2[C@@H]3CCC4=CC(=O)CC[C@]4(C)[C@H]3CC[C@@]21C. The molecule has 0 spiro atoms. The lowest BCUT2D eigenvalue weighted by Gasteiger charge is -2.58. The smallest absolute Gasteiger partial charge is 0.155 e. The molecule has 0 aliphatic heterocycles. The molecule has 0 amide bonds. The molecule has 2 heteroatoms. The first-order valence-electron chi connectivity index (χ1n) is 9.74. The molecule has 3 saturated carbocycles. The Hall–Kier alpha value is -1.07. The molecule has 6 atom stereocenters. The molecule has 4 rings (SSSR count). The molecule has 130 valence electrons. The third kappa shape index (κ3) is 1.97. The minimum absolute atomic E-state index is 0.0563. The van der Waals surface area contributed by atoms with Gasteiger partial charge in [-0.1, -0.05) is 25.3 Å². The van der Waals surface area contributed by atoms with Crippen molar-refractivity contribution in [3.05, 3.63) is 11.6 Å². The molecule has 0 saturated heterocycles. The Labute approximate surface area is 146 Å². The van der Waals surface area contributed by atoms with E-state index in [1.807, 2.05) is 13.0 Å². The molecule has 0 aromatic rings. The van der Waals surface area contributed by atoms with Crippen molar-refractivity contribution in [3.63, 3.8) is 0 Å². The standard InChI is InChI=1S/C22H30O2/c1-4-10-22(24)13-9-19-17-6-5-15-14-16(23)7-11-20(15,2)18(17)8-12-21(19,22)3/h14,17-19,24H,5-9,11-13H2,1-3H3/t17-,18+,19+,20+,21+,22+/m1/s1. The zero-order valence-electron chi connectivity index (χ0n) is 15.3. The summed E-state index contributed by atoms with van der Waals surface area (Å²) in [7, 11) is 0. The predicted octanol–water partition coefficient (Wildman–Crippen LogP) is 4.27. The zero-order valence-corrected chi connectivity index (χ0v) is 15.3. The summed E-state index contributed by atoms with van der Waals surface area (Å²) in [6, 6.07) is 0. The second-order valence-electron chi connectivity index (χ2n) is 9.20. The average molecular weight is 326 g/mol. The number of fused-ring (bicyclic) bond motifs is 5. The minimum atomic E-state index is -0.795. The summed E-state index contributed by atoms with van der Waals surface area (Å²) >= 11 is 0. The van der Waals surface area contributed by atoms with Gasteiger partial charge >= 0.3 is 0 Å². The van der Waals surface area contributed by atoms with Crippen LogP contribution in [0.1, 0.15) is 72.1 Å². The number of aliphatic hydroxyl groups is 1. The van der Waals surface area contributed by atoms with Gasteiger partial charge in [-0.15, -0.1) is 5.92 Å². The molecule has 0 bridgehead atoms. The fraction of sp³-hybridized carbons (Fsp3) is 0.773. The maximum Gasteiger partial charge on any atom is 0.155 e. The van der Waals surface area contributed by atoms with Crippen LogP contribution in [0.4, 0.5) is 0 Å². The van der Waals surface area contributed by atoms with Crippen LogP contribution in [0, 0.1) is 40.4 Å². The third-order valence-electron chi connectivity index (χ3n) is 8.45. The fourth-order valence-corrected chi connectivity index (χ4v) is 6.99. The lowest BCUT2D eigenvalue weighted by molar-refractivity contribution is -0.119. The van der Waals surface area contributed by atoms with Gasteiger partial charge in [0.1, 0.15) is 5.60 Å². The molecule has 0 unspecified atom stereocenters. The predicted molar refractivity (Wildman–Crippen MR) is 95.1 cm³/mol. The monoisotopic (exact) mass is 326 g/mol. The van der Waals surface area contributed by atoms with Gasteiger partial charge in [0.25, 0.3) is 0 Å². The van der Waals surface area contributed by atoms with Crippen molar-refractivity contribution in [2.75, 3.05) is 0 Å². The molecule has 0 heterocycles. The number of carbonyl (C=O) groups is 1. The van der Waals surface area contributed by atoms with Crippen LogP contribution in [-0.4, -0.2) is 16.5 Å². The maximum atomic E-state index is 11.9. The van der Waals surface area contributed by atoms with Crippen LogP contribution in [0.25, 0.3) is 0 Å². The van der Waals surface area contributed by atoms with Crippen LogP contribution in [0.3, 0.4) is 0 Å². The molecular weight excluding hydrogens is 296 g/mol. The Balaban J connectivity index is 1.69. The van der Waals surface area contributed by atoms with Gasteiger partial charge < -0.3 is 5.11 Å². The summed E-state index contributed by atoms with van der Waals surface area (Å²) in [6.45, 7) is 6.55. The van der Waals surface area contributed by atoms with Gasteiger partial charge in [-0.3, -0.25) is 4.79 Å². The molecule has 4 aliphatic rings. The van der Waals surface area contributed by atoms with Crippen molar-refractivity contribution in [1.29, 1.82) is 0 Å². The number of hydrogen-bond donors (Lipinski definition) is 1. The van der Waals surface area contributed by atoms with Crippen LogP contribution < -0.4 is 0 Å². The summed E-state index contributed by atoms with van der Waals surface area (Å²) in [4.78, 5) is 11.9. The molecule has 1 N–H and O–H groups in total. The van der Waals surface area contributed by atoms with E-state index in [9.17, 15) is 9.90 Å². The molecule has 0 aromatic heterocycles. The second kappa shape index (κ2) is 5.21. The van der Waals surface area contributed by atoms with E-state index < -0.39 is 5.60 Å². The van der Waals surface area contributed by atoms with E-state index in [1.165, 1.54) is 18.4 Å². The zero-order chi connectivity index (χ0) is 17.2. The van der Waals surface area contributed by atoms with E-state index in [0.717, 1.165) is 38.5 Å². The van der Waals surface area contributed by atoms with Crippen molar-refractivity contribution in [1.82, 2.24) is 0 Å². The average Bonchev–Trinajstić information content (AvgIpc) is 2.80. The van der Waals surface area contributed by atoms with E-state index >= 15 is 0 Å². The Kier molecular flexibility index (Phi) is 3.56. The Morgan fingerprint density at radius 1 is 1.08 bits per heavy atom. The summed E-state index contributed by atoms with van der Waals surface area (Å²) in [5.74, 6) is 8.45. The van der Waals surface area contributed by atoms with Gasteiger partial charge in [0.2, 0.25) is 0 Å². The van der Waals surface area contributed by atoms with Gasteiger partial charge in [0.15, 0.2) is 5.78 Å². The quantitative estimate of drug-likeness (QED) is 0.675. The Morgan fingerprint density at radius 3 is 2.58 bits per heavy atom. The first kappa shape index (κ1) is 16.4. The minimum Gasteiger partial charge on any atom is -0.377 e. The van der Waals surface area contributed by atoms with E-state index in [4.69, 9.17) is 0 Å². The van der Waals surface area contributed by atoms with Gasteiger partial charge in [-0.05, 0) is 81.1 Å². The number of carbonyl (C=O) groups excluding carboxylic acids is 1. The molecule has 0 aromatic carbocycles. The largest absolute Gasteiger partial charge is 0.377 e. The first-order valence-corrected chi connectivity index (χ1v) is 9.74. The normalized spacial score (nSPS) is 50.1. The second-order valence-corrected chi connectivity index (χ2v) is 9.20. The highest BCUT2D eigenvalue weighted by molar-refractivity contribution is 5.91. The molecule has 3 fully saturated rings. The van der Waals surface area contributed by atoms with Gasteiger partial charge in [0, 0.05) is 11.8 Å². The topological polar surface area (TPSA) is 37.3 Å². The molecular formula is C22H30O2. The van der Waals surface area contributed by atoms with Crippen LogP contribution in [-0.2, 0) is 4.79 Å². The maximum absolute atomic E-state index is 11.9. The number of allylic oxidation sites excluding steroid dienone is 1. The fourth-order valence-electron chi connectivity index (χ4n) is 6.99. The van der Waals surface area contributed by atoms with E-state index in [-0.39, 0.29) is 10.8 Å². The van der Waals surface area contributed by atoms with Crippen molar-refractivity contribution in [2.45, 2.75) is 77.7 Å². The van der Waals surface area contributed by atoms with Crippen molar-refractivity contribution in [2.24, 2.45) is 28.6 Å². The molecule has 0 radical (unpaired) electrons. The van der Waals surface area contributed by atoms with Crippen molar-refractivity contribution >= 4 is 5.78 Å². The van der Waals surface area contributed by atoms with Crippen molar-refractivity contribution in [3.8, 4) is 11.8 Å². The molecule has 4 aliphatic carbocycles. The third-order valence-corrected chi connectivity index (χ3v) is 8.45. The highest BCUT2D eigenvalue weighted by atomic mass is 16.3. The summed E-state index contributed by atoms with van der Waals surface area (Å²) < 4.78 is 0. The number of ketones is 1. The van der Waals surface area contributed by atoms with E-state index in [2.05, 4.69) is 25.7 Å². The highest BCUT2D eigenvalue weighted by Crippen LogP contribution is 2.67.